The van der Waals surface area contributed by atoms with E-state index in [1.54, 1.807) is 7.11 Å². The quantitative estimate of drug-likeness (QED) is 0.608. The lowest BCUT2D eigenvalue weighted by Gasteiger charge is -2.22. The maximum absolute atomic E-state index is 13.1. The summed E-state index contributed by atoms with van der Waals surface area (Å²) in [5, 5.41) is 1.55. The minimum Gasteiger partial charge on any atom is -0.497 e. The SMILES string of the molecule is COc1ccc(CN2CCCN(C(=O)c3sc4ccccc4c3Cl)CC2)cc1. The second-order valence-corrected chi connectivity index (χ2v) is 8.44. The van der Waals surface area contributed by atoms with Gasteiger partial charge < -0.3 is 9.64 Å². The Bertz CT molecular complexity index is 970. The number of ether oxygens (including phenoxy) is 1. The van der Waals surface area contributed by atoms with Crippen LogP contribution in [0, 0.1) is 0 Å². The lowest BCUT2D eigenvalue weighted by Crippen LogP contribution is -2.34. The fourth-order valence-corrected chi connectivity index (χ4v) is 5.10. The number of methoxy groups -OCH3 is 1. The van der Waals surface area contributed by atoms with Crippen LogP contribution in [-0.2, 0) is 6.54 Å². The molecule has 0 unspecified atom stereocenters. The van der Waals surface area contributed by atoms with Crippen LogP contribution in [0.15, 0.2) is 48.5 Å². The Morgan fingerprint density at radius 1 is 1.07 bits per heavy atom. The maximum atomic E-state index is 13.1. The van der Waals surface area contributed by atoms with Crippen molar-refractivity contribution in [1.29, 1.82) is 0 Å². The van der Waals surface area contributed by atoms with Crippen LogP contribution in [0.25, 0.3) is 10.1 Å². The average Bonchev–Trinajstić information content (AvgIpc) is 2.90. The van der Waals surface area contributed by atoms with Crippen molar-refractivity contribution in [2.45, 2.75) is 13.0 Å². The first-order chi connectivity index (χ1) is 13.7. The van der Waals surface area contributed by atoms with Crippen LogP contribution in [0.4, 0.5) is 0 Å². The van der Waals surface area contributed by atoms with E-state index in [1.807, 2.05) is 41.3 Å². The molecule has 4 nitrogen and oxygen atoms in total. The minimum atomic E-state index is 0.0532. The lowest BCUT2D eigenvalue weighted by atomic mass is 10.2. The van der Waals surface area contributed by atoms with Gasteiger partial charge in [0.2, 0.25) is 0 Å². The third-order valence-corrected chi connectivity index (χ3v) is 6.83. The first kappa shape index (κ1) is 19.2. The van der Waals surface area contributed by atoms with Crippen LogP contribution in [0.1, 0.15) is 21.7 Å². The molecule has 1 aromatic heterocycles. The molecule has 0 spiro atoms. The van der Waals surface area contributed by atoms with Gasteiger partial charge >= 0.3 is 0 Å². The van der Waals surface area contributed by atoms with Crippen LogP contribution >= 0.6 is 22.9 Å². The van der Waals surface area contributed by atoms with Gasteiger partial charge in [-0.25, -0.2) is 0 Å². The topological polar surface area (TPSA) is 32.8 Å². The van der Waals surface area contributed by atoms with E-state index in [0.717, 1.165) is 55.0 Å². The molecule has 0 bridgehead atoms. The van der Waals surface area contributed by atoms with Crippen molar-refractivity contribution in [3.05, 3.63) is 64.0 Å². The Morgan fingerprint density at radius 2 is 1.86 bits per heavy atom. The van der Waals surface area contributed by atoms with E-state index >= 15 is 0 Å². The van der Waals surface area contributed by atoms with Gasteiger partial charge in [0.05, 0.1) is 12.1 Å². The molecule has 1 aliphatic heterocycles. The van der Waals surface area contributed by atoms with Crippen molar-refractivity contribution < 1.29 is 9.53 Å². The molecule has 28 heavy (non-hydrogen) atoms. The van der Waals surface area contributed by atoms with Gasteiger partial charge in [-0.2, -0.15) is 0 Å². The minimum absolute atomic E-state index is 0.0532. The summed E-state index contributed by atoms with van der Waals surface area (Å²) in [5.74, 6) is 0.925. The molecule has 1 aliphatic rings. The van der Waals surface area contributed by atoms with Crippen molar-refractivity contribution in [1.82, 2.24) is 9.80 Å². The molecular weight excluding hydrogens is 392 g/mol. The van der Waals surface area contributed by atoms with Gasteiger partial charge in [0.25, 0.3) is 5.91 Å². The molecule has 3 aromatic rings. The number of nitrogens with zero attached hydrogens (tertiary/aromatic N) is 2. The van der Waals surface area contributed by atoms with Crippen LogP contribution in [0.2, 0.25) is 5.02 Å². The van der Waals surface area contributed by atoms with Gasteiger partial charge in [-0.3, -0.25) is 9.69 Å². The van der Waals surface area contributed by atoms with Crippen molar-refractivity contribution >= 4 is 38.9 Å². The monoisotopic (exact) mass is 414 g/mol. The molecule has 0 atom stereocenters. The van der Waals surface area contributed by atoms with E-state index < -0.39 is 0 Å². The normalized spacial score (nSPS) is 15.6. The molecule has 6 heteroatoms. The van der Waals surface area contributed by atoms with Gasteiger partial charge in [0.15, 0.2) is 0 Å². The predicted molar refractivity (Wildman–Crippen MR) is 116 cm³/mol. The molecule has 0 saturated carbocycles. The van der Waals surface area contributed by atoms with Gasteiger partial charge in [-0.1, -0.05) is 41.9 Å². The van der Waals surface area contributed by atoms with Gasteiger partial charge in [-0.15, -0.1) is 11.3 Å². The maximum Gasteiger partial charge on any atom is 0.265 e. The number of carbonyl (C=O) groups excluding carboxylic acids is 1. The standard InChI is InChI=1S/C22H23ClN2O2S/c1-27-17-9-7-16(8-10-17)15-24-11-4-12-25(14-13-24)22(26)21-20(23)18-5-2-3-6-19(18)28-21/h2-3,5-10H,4,11-15H2,1H3. The number of thiophene rings is 1. The third-order valence-electron chi connectivity index (χ3n) is 5.17. The Morgan fingerprint density at radius 3 is 2.61 bits per heavy atom. The first-order valence-electron chi connectivity index (χ1n) is 9.47. The van der Waals surface area contributed by atoms with E-state index in [4.69, 9.17) is 16.3 Å². The number of fused-ring (bicyclic) bond motifs is 1. The zero-order valence-corrected chi connectivity index (χ0v) is 17.4. The summed E-state index contributed by atoms with van der Waals surface area (Å²) < 4.78 is 6.29. The molecular formula is C22H23ClN2O2S. The van der Waals surface area contributed by atoms with Crippen molar-refractivity contribution in [3.8, 4) is 5.75 Å². The smallest absolute Gasteiger partial charge is 0.265 e. The van der Waals surface area contributed by atoms with Gasteiger partial charge in [0, 0.05) is 42.8 Å². The number of hydrogen-bond acceptors (Lipinski definition) is 4. The van der Waals surface area contributed by atoms with Crippen LogP contribution in [0.5, 0.6) is 5.75 Å². The van der Waals surface area contributed by atoms with E-state index in [-0.39, 0.29) is 5.91 Å². The number of amides is 1. The zero-order chi connectivity index (χ0) is 19.5. The molecule has 1 amide bonds. The average molecular weight is 415 g/mol. The number of carbonyl (C=O) groups is 1. The summed E-state index contributed by atoms with van der Waals surface area (Å²) in [5.41, 5.74) is 1.26. The van der Waals surface area contributed by atoms with Crippen molar-refractivity contribution in [2.75, 3.05) is 33.3 Å². The van der Waals surface area contributed by atoms with Crippen molar-refractivity contribution in [3.63, 3.8) is 0 Å². The molecule has 4 rings (SSSR count). The number of rotatable bonds is 4. The molecule has 2 aromatic carbocycles. The second kappa shape index (κ2) is 8.52. The van der Waals surface area contributed by atoms with E-state index in [1.165, 1.54) is 16.9 Å². The van der Waals surface area contributed by atoms with Gasteiger partial charge in [0.1, 0.15) is 10.6 Å². The predicted octanol–water partition coefficient (Wildman–Crippen LogP) is 4.91. The van der Waals surface area contributed by atoms with E-state index in [2.05, 4.69) is 17.0 Å². The fraction of sp³-hybridized carbons (Fsp3) is 0.318. The Labute approximate surface area is 174 Å². The molecule has 2 heterocycles. The van der Waals surface area contributed by atoms with E-state index in [9.17, 15) is 4.79 Å². The number of benzene rings is 2. The highest BCUT2D eigenvalue weighted by atomic mass is 35.5. The second-order valence-electron chi connectivity index (χ2n) is 7.01. The summed E-state index contributed by atoms with van der Waals surface area (Å²) in [4.78, 5) is 18.1. The van der Waals surface area contributed by atoms with Crippen molar-refractivity contribution in [2.24, 2.45) is 0 Å². The first-order valence-corrected chi connectivity index (χ1v) is 10.7. The lowest BCUT2D eigenvalue weighted by molar-refractivity contribution is 0.0766. The summed E-state index contributed by atoms with van der Waals surface area (Å²) in [6.45, 7) is 4.22. The zero-order valence-electron chi connectivity index (χ0n) is 15.9. The summed E-state index contributed by atoms with van der Waals surface area (Å²) in [6.07, 6.45) is 0.963. The Hall–Kier alpha value is -2.08. The fourth-order valence-electron chi connectivity index (χ4n) is 3.62. The molecule has 0 N–H and O–H groups in total. The number of hydrogen-bond donors (Lipinski definition) is 0. The van der Waals surface area contributed by atoms with Crippen LogP contribution in [-0.4, -0.2) is 49.0 Å². The summed E-state index contributed by atoms with van der Waals surface area (Å²) in [6, 6.07) is 16.1. The molecule has 1 fully saturated rings. The molecule has 0 aliphatic carbocycles. The molecule has 0 radical (unpaired) electrons. The Balaban J connectivity index is 1.42. The molecule has 146 valence electrons. The van der Waals surface area contributed by atoms with Crippen LogP contribution < -0.4 is 4.74 Å². The highest BCUT2D eigenvalue weighted by Crippen LogP contribution is 2.36. The highest BCUT2D eigenvalue weighted by Gasteiger charge is 2.24. The van der Waals surface area contributed by atoms with Gasteiger partial charge in [-0.05, 0) is 30.2 Å². The summed E-state index contributed by atoms with van der Waals surface area (Å²) in [7, 11) is 1.68. The highest BCUT2D eigenvalue weighted by molar-refractivity contribution is 7.21. The largest absolute Gasteiger partial charge is 0.497 e. The van der Waals surface area contributed by atoms with Crippen LogP contribution in [0.3, 0.4) is 0 Å². The Kier molecular flexibility index (Phi) is 5.85. The summed E-state index contributed by atoms with van der Waals surface area (Å²) >= 11 is 8.01. The number of halogens is 1. The molecule has 1 saturated heterocycles. The third kappa shape index (κ3) is 4.02. The van der Waals surface area contributed by atoms with E-state index in [0.29, 0.717) is 9.90 Å².